The van der Waals surface area contributed by atoms with Crippen LogP contribution in [0.5, 0.6) is 0 Å². The van der Waals surface area contributed by atoms with E-state index in [1.54, 1.807) is 19.3 Å². The number of aryl methyl sites for hydroxylation is 1. The largest absolute Gasteiger partial charge is 0.480 e. The number of hydrogen-bond donors (Lipinski definition) is 1. The fourth-order valence-corrected chi connectivity index (χ4v) is 1.57. The van der Waals surface area contributed by atoms with Crippen molar-refractivity contribution in [3.63, 3.8) is 0 Å². The second kappa shape index (κ2) is 3.96. The van der Waals surface area contributed by atoms with Crippen LogP contribution in [-0.4, -0.2) is 44.3 Å². The molecule has 0 atom stereocenters. The van der Waals surface area contributed by atoms with Crippen molar-refractivity contribution >= 4 is 11.9 Å². The van der Waals surface area contributed by atoms with E-state index in [1.807, 2.05) is 0 Å². The third-order valence-corrected chi connectivity index (χ3v) is 2.49. The van der Waals surface area contributed by atoms with Crippen molar-refractivity contribution in [2.24, 2.45) is 7.05 Å². The average Bonchev–Trinajstić information content (AvgIpc) is 2.96. The second-order valence-electron chi connectivity index (χ2n) is 3.93. The van der Waals surface area contributed by atoms with E-state index in [9.17, 15) is 9.59 Å². The van der Waals surface area contributed by atoms with Gasteiger partial charge in [-0.25, -0.2) is 0 Å². The first-order chi connectivity index (χ1) is 7.58. The first kappa shape index (κ1) is 10.7. The Morgan fingerprint density at radius 3 is 2.75 bits per heavy atom. The van der Waals surface area contributed by atoms with Crippen LogP contribution >= 0.6 is 0 Å². The minimum absolute atomic E-state index is 0.0746. The van der Waals surface area contributed by atoms with E-state index in [1.165, 1.54) is 9.58 Å². The average molecular weight is 223 g/mol. The van der Waals surface area contributed by atoms with Crippen molar-refractivity contribution in [2.45, 2.75) is 18.9 Å². The molecular formula is C10H13N3O3. The highest BCUT2D eigenvalue weighted by atomic mass is 16.4. The molecule has 1 amide bonds. The highest BCUT2D eigenvalue weighted by Gasteiger charge is 2.35. The second-order valence-corrected chi connectivity index (χ2v) is 3.93. The van der Waals surface area contributed by atoms with Crippen LogP contribution in [0.15, 0.2) is 12.3 Å². The number of amides is 1. The van der Waals surface area contributed by atoms with Crippen molar-refractivity contribution in [1.29, 1.82) is 0 Å². The number of nitrogens with zero attached hydrogens (tertiary/aromatic N) is 3. The minimum atomic E-state index is -0.990. The van der Waals surface area contributed by atoms with Crippen LogP contribution in [0.1, 0.15) is 23.3 Å². The van der Waals surface area contributed by atoms with Gasteiger partial charge in [0, 0.05) is 19.3 Å². The van der Waals surface area contributed by atoms with E-state index in [0.717, 1.165) is 12.8 Å². The number of carboxylic acids is 1. The summed E-state index contributed by atoms with van der Waals surface area (Å²) in [5.74, 6) is -1.29. The van der Waals surface area contributed by atoms with Crippen LogP contribution in [0.3, 0.4) is 0 Å². The number of carbonyl (C=O) groups is 2. The van der Waals surface area contributed by atoms with E-state index in [2.05, 4.69) is 5.10 Å². The molecule has 0 aliphatic heterocycles. The van der Waals surface area contributed by atoms with Gasteiger partial charge in [-0.05, 0) is 18.9 Å². The molecule has 16 heavy (non-hydrogen) atoms. The molecule has 1 aliphatic carbocycles. The highest BCUT2D eigenvalue weighted by Crippen LogP contribution is 2.27. The summed E-state index contributed by atoms with van der Waals surface area (Å²) in [4.78, 5) is 24.0. The molecule has 0 radical (unpaired) electrons. The maximum atomic E-state index is 12.0. The van der Waals surface area contributed by atoms with Crippen molar-refractivity contribution < 1.29 is 14.7 Å². The van der Waals surface area contributed by atoms with Gasteiger partial charge in [-0.3, -0.25) is 14.3 Å². The molecule has 1 heterocycles. The summed E-state index contributed by atoms with van der Waals surface area (Å²) in [5.41, 5.74) is 0.302. The summed E-state index contributed by atoms with van der Waals surface area (Å²) in [6.07, 6.45) is 3.43. The monoisotopic (exact) mass is 223 g/mol. The van der Waals surface area contributed by atoms with Crippen molar-refractivity contribution in [3.05, 3.63) is 18.0 Å². The topological polar surface area (TPSA) is 75.4 Å². The Hall–Kier alpha value is -1.85. The van der Waals surface area contributed by atoms with E-state index in [-0.39, 0.29) is 18.5 Å². The molecule has 2 rings (SSSR count). The first-order valence-electron chi connectivity index (χ1n) is 5.10. The SMILES string of the molecule is Cn1ccc(C(=O)N(CC(=O)O)C2CC2)n1. The standard InChI is InChI=1S/C10H13N3O3/c1-12-5-4-8(11-12)10(16)13(6-9(14)15)7-2-3-7/h4-5,7H,2-3,6H2,1H3,(H,14,15). The predicted octanol–water partition coefficient (Wildman–Crippen LogP) is 0.109. The van der Waals surface area contributed by atoms with Crippen LogP contribution < -0.4 is 0 Å². The Morgan fingerprint density at radius 1 is 1.62 bits per heavy atom. The zero-order valence-corrected chi connectivity index (χ0v) is 8.96. The van der Waals surface area contributed by atoms with Gasteiger partial charge in [-0.15, -0.1) is 0 Å². The lowest BCUT2D eigenvalue weighted by atomic mass is 10.3. The van der Waals surface area contributed by atoms with Crippen molar-refractivity contribution in [2.75, 3.05) is 6.54 Å². The Labute approximate surface area is 92.5 Å². The molecule has 0 aromatic carbocycles. The third-order valence-electron chi connectivity index (χ3n) is 2.49. The van der Waals surface area contributed by atoms with Gasteiger partial charge in [0.25, 0.3) is 5.91 Å². The van der Waals surface area contributed by atoms with Gasteiger partial charge in [-0.1, -0.05) is 0 Å². The van der Waals surface area contributed by atoms with Gasteiger partial charge in [0.2, 0.25) is 0 Å². The van der Waals surface area contributed by atoms with Gasteiger partial charge >= 0.3 is 5.97 Å². The van der Waals surface area contributed by atoms with E-state index >= 15 is 0 Å². The highest BCUT2D eigenvalue weighted by molar-refractivity contribution is 5.94. The summed E-state index contributed by atoms with van der Waals surface area (Å²) in [6, 6.07) is 1.67. The predicted molar refractivity (Wildman–Crippen MR) is 54.9 cm³/mol. The number of hydrogen-bond acceptors (Lipinski definition) is 3. The maximum Gasteiger partial charge on any atom is 0.323 e. The van der Waals surface area contributed by atoms with Gasteiger partial charge in [0.05, 0.1) is 0 Å². The van der Waals surface area contributed by atoms with Gasteiger partial charge in [-0.2, -0.15) is 5.10 Å². The molecule has 1 fully saturated rings. The Morgan fingerprint density at radius 2 is 2.31 bits per heavy atom. The number of aliphatic carboxylic acids is 1. The molecular weight excluding hydrogens is 210 g/mol. The summed E-state index contributed by atoms with van der Waals surface area (Å²) >= 11 is 0. The zero-order chi connectivity index (χ0) is 11.7. The van der Waals surface area contributed by atoms with Gasteiger partial charge in [0.1, 0.15) is 12.2 Å². The van der Waals surface area contributed by atoms with Crippen LogP contribution in [-0.2, 0) is 11.8 Å². The molecule has 0 saturated heterocycles. The Kier molecular flexibility index (Phi) is 2.64. The van der Waals surface area contributed by atoms with E-state index in [4.69, 9.17) is 5.11 Å². The summed E-state index contributed by atoms with van der Waals surface area (Å²) in [6.45, 7) is -0.250. The molecule has 1 aliphatic rings. The number of rotatable bonds is 4. The smallest absolute Gasteiger partial charge is 0.323 e. The Bertz CT molecular complexity index is 423. The van der Waals surface area contributed by atoms with Crippen LogP contribution in [0.2, 0.25) is 0 Å². The van der Waals surface area contributed by atoms with Crippen LogP contribution in [0.4, 0.5) is 0 Å². The number of carboxylic acid groups (broad SMARTS) is 1. The minimum Gasteiger partial charge on any atom is -0.480 e. The molecule has 0 bridgehead atoms. The first-order valence-corrected chi connectivity index (χ1v) is 5.10. The zero-order valence-electron chi connectivity index (χ0n) is 8.96. The fraction of sp³-hybridized carbons (Fsp3) is 0.500. The maximum absolute atomic E-state index is 12.0. The number of aromatic nitrogens is 2. The third kappa shape index (κ3) is 2.21. The fourth-order valence-electron chi connectivity index (χ4n) is 1.57. The van der Waals surface area contributed by atoms with Crippen LogP contribution in [0, 0.1) is 0 Å². The molecule has 0 unspecified atom stereocenters. The molecule has 86 valence electrons. The van der Waals surface area contributed by atoms with Crippen molar-refractivity contribution in [1.82, 2.24) is 14.7 Å². The van der Waals surface area contributed by atoms with Crippen molar-refractivity contribution in [3.8, 4) is 0 Å². The molecule has 1 N–H and O–H groups in total. The summed E-state index contributed by atoms with van der Waals surface area (Å²) < 4.78 is 1.53. The normalized spacial score (nSPS) is 14.8. The molecule has 0 spiro atoms. The van der Waals surface area contributed by atoms with Crippen LogP contribution in [0.25, 0.3) is 0 Å². The molecule has 1 saturated carbocycles. The lowest BCUT2D eigenvalue weighted by molar-refractivity contribution is -0.137. The number of carbonyl (C=O) groups excluding carboxylic acids is 1. The van der Waals surface area contributed by atoms with E-state index in [0.29, 0.717) is 5.69 Å². The molecule has 6 heteroatoms. The lowest BCUT2D eigenvalue weighted by Crippen LogP contribution is -2.37. The van der Waals surface area contributed by atoms with Gasteiger partial charge < -0.3 is 10.0 Å². The van der Waals surface area contributed by atoms with E-state index < -0.39 is 5.97 Å². The molecule has 1 aromatic heterocycles. The van der Waals surface area contributed by atoms with Gasteiger partial charge in [0.15, 0.2) is 0 Å². The molecule has 1 aromatic rings. The summed E-state index contributed by atoms with van der Waals surface area (Å²) in [7, 11) is 1.72. The summed E-state index contributed by atoms with van der Waals surface area (Å²) in [5, 5.41) is 12.7. The quantitative estimate of drug-likeness (QED) is 0.786. The molecule has 6 nitrogen and oxygen atoms in total. The lowest BCUT2D eigenvalue weighted by Gasteiger charge is -2.18. The Balaban J connectivity index is 2.13.